The van der Waals surface area contributed by atoms with E-state index in [1.807, 2.05) is 6.92 Å². The van der Waals surface area contributed by atoms with Crippen LogP contribution in [0.15, 0.2) is 0 Å². The fraction of sp³-hybridized carbons (Fsp3) is 0.889. The Morgan fingerprint density at radius 3 is 2.64 bits per heavy atom. The fourth-order valence-electron chi connectivity index (χ4n) is 1.09. The van der Waals surface area contributed by atoms with Crippen molar-refractivity contribution in [3.8, 4) is 0 Å². The largest absolute Gasteiger partial charge is 0.465 e. The third-order valence-electron chi connectivity index (χ3n) is 1.89. The topological polar surface area (TPSA) is 81.6 Å². The third kappa shape index (κ3) is 9.28. The van der Waals surface area contributed by atoms with Gasteiger partial charge in [0.15, 0.2) is 0 Å². The Kier molecular flexibility index (Phi) is 8.27. The zero-order valence-electron chi connectivity index (χ0n) is 8.62. The second kappa shape index (κ2) is 8.77. The van der Waals surface area contributed by atoms with Crippen molar-refractivity contribution in [1.29, 1.82) is 0 Å². The first-order valence-electron chi connectivity index (χ1n) is 4.98. The summed E-state index contributed by atoms with van der Waals surface area (Å²) in [6, 6.07) is -0.0159. The number of rotatable bonds is 8. The Morgan fingerprint density at radius 1 is 1.36 bits per heavy atom. The van der Waals surface area contributed by atoms with Crippen molar-refractivity contribution in [1.82, 2.24) is 10.6 Å². The summed E-state index contributed by atoms with van der Waals surface area (Å²) < 4.78 is 0. The van der Waals surface area contributed by atoms with E-state index in [2.05, 4.69) is 10.6 Å². The molecule has 14 heavy (non-hydrogen) atoms. The van der Waals surface area contributed by atoms with Gasteiger partial charge in [0.25, 0.3) is 0 Å². The molecule has 0 aliphatic carbocycles. The number of hydrogen-bond donors (Lipinski definition) is 4. The van der Waals surface area contributed by atoms with E-state index in [0.717, 1.165) is 32.4 Å². The quantitative estimate of drug-likeness (QED) is 0.431. The molecule has 0 saturated heterocycles. The van der Waals surface area contributed by atoms with E-state index in [1.54, 1.807) is 0 Å². The van der Waals surface area contributed by atoms with Crippen LogP contribution in [0.3, 0.4) is 0 Å². The van der Waals surface area contributed by atoms with Crippen LogP contribution < -0.4 is 10.6 Å². The van der Waals surface area contributed by atoms with E-state index in [9.17, 15) is 4.79 Å². The van der Waals surface area contributed by atoms with Crippen LogP contribution in [0.5, 0.6) is 0 Å². The standard InChI is InChI=1S/C9H20N2O3/c1-8(11-9(13)14)4-6-10-5-2-3-7-12/h8,10-12H,2-7H2,1H3,(H,13,14)/t8-/m1/s1. The van der Waals surface area contributed by atoms with Crippen LogP contribution in [0.2, 0.25) is 0 Å². The SMILES string of the molecule is C[C@H](CCNCCCCO)NC(=O)O. The average molecular weight is 204 g/mol. The lowest BCUT2D eigenvalue weighted by Crippen LogP contribution is -2.33. The van der Waals surface area contributed by atoms with E-state index in [-0.39, 0.29) is 12.6 Å². The maximum Gasteiger partial charge on any atom is 0.404 e. The second-order valence-corrected chi connectivity index (χ2v) is 3.32. The first kappa shape index (κ1) is 13.2. The van der Waals surface area contributed by atoms with Crippen LogP contribution in [0.1, 0.15) is 26.2 Å². The molecule has 0 bridgehead atoms. The van der Waals surface area contributed by atoms with Gasteiger partial charge in [-0.15, -0.1) is 0 Å². The summed E-state index contributed by atoms with van der Waals surface area (Å²) in [7, 11) is 0. The molecule has 4 N–H and O–H groups in total. The van der Waals surface area contributed by atoms with Gasteiger partial charge in [-0.1, -0.05) is 0 Å². The Hall–Kier alpha value is -0.810. The van der Waals surface area contributed by atoms with Crippen molar-refractivity contribution in [2.45, 2.75) is 32.2 Å². The number of aliphatic hydroxyl groups is 1. The van der Waals surface area contributed by atoms with Crippen LogP contribution in [-0.4, -0.2) is 42.0 Å². The summed E-state index contributed by atoms with van der Waals surface area (Å²) in [5.74, 6) is 0. The number of carboxylic acid groups (broad SMARTS) is 1. The van der Waals surface area contributed by atoms with E-state index < -0.39 is 6.09 Å². The Balaban J connectivity index is 3.14. The molecule has 0 heterocycles. The Morgan fingerprint density at radius 2 is 2.07 bits per heavy atom. The second-order valence-electron chi connectivity index (χ2n) is 3.32. The van der Waals surface area contributed by atoms with E-state index in [4.69, 9.17) is 10.2 Å². The number of nitrogens with one attached hydrogen (secondary N) is 2. The average Bonchev–Trinajstić information content (AvgIpc) is 2.10. The van der Waals surface area contributed by atoms with Crippen molar-refractivity contribution in [2.75, 3.05) is 19.7 Å². The molecular formula is C9H20N2O3. The molecule has 0 aliphatic heterocycles. The molecule has 0 aromatic carbocycles. The minimum Gasteiger partial charge on any atom is -0.465 e. The molecule has 5 heteroatoms. The lowest BCUT2D eigenvalue weighted by Gasteiger charge is -2.11. The highest BCUT2D eigenvalue weighted by atomic mass is 16.4. The van der Waals surface area contributed by atoms with Gasteiger partial charge in [0.05, 0.1) is 0 Å². The van der Waals surface area contributed by atoms with Crippen molar-refractivity contribution >= 4 is 6.09 Å². The summed E-state index contributed by atoms with van der Waals surface area (Å²) in [5, 5.41) is 22.5. The first-order chi connectivity index (χ1) is 6.66. The monoisotopic (exact) mass is 204 g/mol. The predicted molar refractivity (Wildman–Crippen MR) is 54.4 cm³/mol. The molecule has 0 spiro atoms. The number of hydrogen-bond acceptors (Lipinski definition) is 3. The molecular weight excluding hydrogens is 184 g/mol. The van der Waals surface area contributed by atoms with Gasteiger partial charge in [0, 0.05) is 12.6 Å². The van der Waals surface area contributed by atoms with Crippen molar-refractivity contribution in [3.05, 3.63) is 0 Å². The molecule has 1 amide bonds. The Labute approximate surface area is 84.5 Å². The maximum atomic E-state index is 10.2. The van der Waals surface area contributed by atoms with Crippen LogP contribution in [0, 0.1) is 0 Å². The lowest BCUT2D eigenvalue weighted by molar-refractivity contribution is 0.190. The lowest BCUT2D eigenvalue weighted by atomic mass is 10.2. The molecule has 1 atom stereocenters. The smallest absolute Gasteiger partial charge is 0.404 e. The zero-order chi connectivity index (χ0) is 10.8. The highest BCUT2D eigenvalue weighted by Crippen LogP contribution is 1.89. The zero-order valence-corrected chi connectivity index (χ0v) is 8.62. The van der Waals surface area contributed by atoms with E-state index in [0.29, 0.717) is 0 Å². The van der Waals surface area contributed by atoms with Crippen molar-refractivity contribution in [2.24, 2.45) is 0 Å². The highest BCUT2D eigenvalue weighted by molar-refractivity contribution is 5.64. The first-order valence-corrected chi connectivity index (χ1v) is 4.98. The number of amides is 1. The molecule has 0 aromatic rings. The Bertz CT molecular complexity index is 153. The third-order valence-corrected chi connectivity index (χ3v) is 1.89. The molecule has 84 valence electrons. The maximum absolute atomic E-state index is 10.2. The molecule has 0 saturated carbocycles. The molecule has 5 nitrogen and oxygen atoms in total. The van der Waals surface area contributed by atoms with Crippen LogP contribution in [-0.2, 0) is 0 Å². The van der Waals surface area contributed by atoms with Gasteiger partial charge in [-0.2, -0.15) is 0 Å². The molecule has 0 aromatic heterocycles. The summed E-state index contributed by atoms with van der Waals surface area (Å²) in [6.07, 6.45) is 1.58. The molecule has 0 aliphatic rings. The minimum atomic E-state index is -0.974. The van der Waals surface area contributed by atoms with Gasteiger partial charge < -0.3 is 20.8 Å². The minimum absolute atomic E-state index is 0.0159. The molecule has 0 unspecified atom stereocenters. The summed E-state index contributed by atoms with van der Waals surface area (Å²) in [5.41, 5.74) is 0. The van der Waals surface area contributed by atoms with Crippen molar-refractivity contribution < 1.29 is 15.0 Å². The van der Waals surface area contributed by atoms with Crippen LogP contribution in [0.25, 0.3) is 0 Å². The van der Waals surface area contributed by atoms with Crippen LogP contribution in [0.4, 0.5) is 4.79 Å². The van der Waals surface area contributed by atoms with Crippen LogP contribution >= 0.6 is 0 Å². The van der Waals surface area contributed by atoms with E-state index >= 15 is 0 Å². The van der Waals surface area contributed by atoms with Gasteiger partial charge in [0.1, 0.15) is 0 Å². The number of unbranched alkanes of at least 4 members (excludes halogenated alkanes) is 1. The van der Waals surface area contributed by atoms with Gasteiger partial charge >= 0.3 is 6.09 Å². The normalized spacial score (nSPS) is 12.4. The summed E-state index contributed by atoms with van der Waals surface area (Å²) in [6.45, 7) is 3.75. The molecule has 0 fully saturated rings. The highest BCUT2D eigenvalue weighted by Gasteiger charge is 2.03. The fourth-order valence-corrected chi connectivity index (χ4v) is 1.09. The predicted octanol–water partition coefficient (Wildman–Crippen LogP) is 0.395. The molecule has 0 rings (SSSR count). The van der Waals surface area contributed by atoms with Gasteiger partial charge in [-0.25, -0.2) is 4.79 Å². The summed E-state index contributed by atoms with van der Waals surface area (Å²) >= 11 is 0. The summed E-state index contributed by atoms with van der Waals surface area (Å²) in [4.78, 5) is 10.2. The molecule has 0 radical (unpaired) electrons. The number of carbonyl (C=O) groups is 1. The van der Waals surface area contributed by atoms with Gasteiger partial charge in [-0.3, -0.25) is 0 Å². The van der Waals surface area contributed by atoms with E-state index in [1.165, 1.54) is 0 Å². The van der Waals surface area contributed by atoms with Crippen molar-refractivity contribution in [3.63, 3.8) is 0 Å². The van der Waals surface area contributed by atoms with Gasteiger partial charge in [0.2, 0.25) is 0 Å². The number of aliphatic hydroxyl groups excluding tert-OH is 1. The van der Waals surface area contributed by atoms with Gasteiger partial charge in [-0.05, 0) is 39.3 Å².